The molecule has 6 heteroatoms. The number of hydrogen-bond donors (Lipinski definition) is 0. The Morgan fingerprint density at radius 1 is 1.12 bits per heavy atom. The van der Waals surface area contributed by atoms with Crippen molar-refractivity contribution in [3.05, 3.63) is 34.4 Å². The number of nitro groups is 1. The van der Waals surface area contributed by atoms with Gasteiger partial charge >= 0.3 is 0 Å². The zero-order valence-electron chi connectivity index (χ0n) is 8.67. The molecule has 0 spiro atoms. The summed E-state index contributed by atoms with van der Waals surface area (Å²) in [4.78, 5) is 12.4. The predicted molar refractivity (Wildman–Crippen MR) is 70.2 cm³/mol. The lowest BCUT2D eigenvalue weighted by molar-refractivity contribution is -0.384. The van der Waals surface area contributed by atoms with Gasteiger partial charge in [-0.05, 0) is 12.1 Å². The van der Waals surface area contributed by atoms with Gasteiger partial charge in [0.2, 0.25) is 0 Å². The monoisotopic (exact) mass is 256 g/mol. The molecule has 0 bridgehead atoms. The van der Waals surface area contributed by atoms with E-state index in [1.807, 2.05) is 35.7 Å². The third-order valence-corrected chi connectivity index (χ3v) is 4.52. The van der Waals surface area contributed by atoms with Crippen LogP contribution in [0.25, 0.3) is 0 Å². The fourth-order valence-electron chi connectivity index (χ4n) is 1.44. The first-order valence-corrected chi connectivity index (χ1v) is 7.23. The van der Waals surface area contributed by atoms with Crippen LogP contribution in [-0.2, 0) is 0 Å². The molecule has 1 aromatic carbocycles. The van der Waals surface area contributed by atoms with E-state index in [1.54, 1.807) is 12.1 Å². The van der Waals surface area contributed by atoms with Gasteiger partial charge in [-0.25, -0.2) is 0 Å². The molecule has 1 aliphatic heterocycles. The second-order valence-electron chi connectivity index (χ2n) is 3.39. The van der Waals surface area contributed by atoms with Crippen LogP contribution in [0.5, 0.6) is 0 Å². The van der Waals surface area contributed by atoms with E-state index in [1.165, 1.54) is 11.5 Å². The molecule has 86 valence electrons. The predicted octanol–water partition coefficient (Wildman–Crippen LogP) is 2.80. The van der Waals surface area contributed by atoms with Gasteiger partial charge in [0.25, 0.3) is 5.69 Å². The summed E-state index contributed by atoms with van der Waals surface area (Å²) in [5.74, 6) is 4.28. The SMILES string of the molecule is O=[N+]([O-])c1ccc(N2CSCCSC2)cc1. The van der Waals surface area contributed by atoms with Crippen LogP contribution in [0.3, 0.4) is 0 Å². The van der Waals surface area contributed by atoms with Crippen LogP contribution < -0.4 is 4.90 Å². The largest absolute Gasteiger partial charge is 0.353 e. The molecule has 0 aromatic heterocycles. The second-order valence-corrected chi connectivity index (χ2v) is 5.54. The molecule has 16 heavy (non-hydrogen) atoms. The lowest BCUT2D eigenvalue weighted by atomic mass is 10.3. The van der Waals surface area contributed by atoms with Crippen LogP contribution in [0.15, 0.2) is 24.3 Å². The molecular formula is C10H12N2O2S2. The zero-order valence-corrected chi connectivity index (χ0v) is 10.3. The van der Waals surface area contributed by atoms with E-state index in [4.69, 9.17) is 0 Å². The third kappa shape index (κ3) is 2.82. The molecule has 0 N–H and O–H groups in total. The van der Waals surface area contributed by atoms with Crippen LogP contribution in [0.2, 0.25) is 0 Å². The summed E-state index contributed by atoms with van der Waals surface area (Å²) in [7, 11) is 0. The van der Waals surface area contributed by atoms with Gasteiger partial charge in [0.1, 0.15) is 0 Å². The molecular weight excluding hydrogens is 244 g/mol. The summed E-state index contributed by atoms with van der Waals surface area (Å²) in [6.45, 7) is 0. The molecule has 1 aliphatic rings. The quantitative estimate of drug-likeness (QED) is 0.601. The topological polar surface area (TPSA) is 46.4 Å². The molecule has 1 fully saturated rings. The van der Waals surface area contributed by atoms with E-state index in [0.717, 1.165) is 17.4 Å². The second kappa shape index (κ2) is 5.45. The van der Waals surface area contributed by atoms with Gasteiger partial charge < -0.3 is 4.90 Å². The maximum Gasteiger partial charge on any atom is 0.269 e. The van der Waals surface area contributed by atoms with Crippen molar-refractivity contribution in [2.75, 3.05) is 28.2 Å². The highest BCUT2D eigenvalue weighted by Gasteiger charge is 2.11. The van der Waals surface area contributed by atoms with E-state index in [9.17, 15) is 10.1 Å². The Bertz CT molecular complexity index is 362. The third-order valence-electron chi connectivity index (χ3n) is 2.29. The van der Waals surface area contributed by atoms with Gasteiger partial charge in [-0.2, -0.15) is 0 Å². The summed E-state index contributed by atoms with van der Waals surface area (Å²) >= 11 is 3.80. The molecule has 1 heterocycles. The molecule has 0 unspecified atom stereocenters. The van der Waals surface area contributed by atoms with E-state index in [-0.39, 0.29) is 10.6 Å². The maximum absolute atomic E-state index is 10.5. The molecule has 2 rings (SSSR count). The molecule has 0 radical (unpaired) electrons. The molecule has 0 saturated carbocycles. The summed E-state index contributed by atoms with van der Waals surface area (Å²) in [5.41, 5.74) is 1.21. The Labute approximate surface area is 103 Å². The number of anilines is 1. The first kappa shape index (κ1) is 11.6. The number of non-ortho nitro benzene ring substituents is 1. The summed E-state index contributed by atoms with van der Waals surface area (Å²) in [5, 5.41) is 10.5. The van der Waals surface area contributed by atoms with Crippen LogP contribution in [-0.4, -0.2) is 28.2 Å². The van der Waals surface area contributed by atoms with E-state index in [0.29, 0.717) is 0 Å². The minimum atomic E-state index is -0.365. The van der Waals surface area contributed by atoms with Gasteiger partial charge in [-0.15, -0.1) is 23.5 Å². The van der Waals surface area contributed by atoms with Crippen molar-refractivity contribution < 1.29 is 4.92 Å². The molecule has 1 saturated heterocycles. The highest BCUT2D eigenvalue weighted by molar-refractivity contribution is 8.03. The van der Waals surface area contributed by atoms with Gasteiger partial charge in [0.05, 0.1) is 16.7 Å². The molecule has 4 nitrogen and oxygen atoms in total. The number of thioether (sulfide) groups is 2. The summed E-state index contributed by atoms with van der Waals surface area (Å²) in [6, 6.07) is 6.78. The van der Waals surface area contributed by atoms with Crippen molar-refractivity contribution in [3.63, 3.8) is 0 Å². The molecule has 1 aromatic rings. The fraction of sp³-hybridized carbons (Fsp3) is 0.400. The van der Waals surface area contributed by atoms with Crippen LogP contribution >= 0.6 is 23.5 Å². The molecule has 0 amide bonds. The maximum atomic E-state index is 10.5. The van der Waals surface area contributed by atoms with Crippen molar-refractivity contribution >= 4 is 34.9 Å². The van der Waals surface area contributed by atoms with Crippen LogP contribution in [0.1, 0.15) is 0 Å². The molecule has 0 aliphatic carbocycles. The van der Waals surface area contributed by atoms with Crippen molar-refractivity contribution in [1.29, 1.82) is 0 Å². The van der Waals surface area contributed by atoms with E-state index in [2.05, 4.69) is 4.90 Å². The van der Waals surface area contributed by atoms with Gasteiger partial charge in [-0.1, -0.05) is 0 Å². The van der Waals surface area contributed by atoms with E-state index < -0.39 is 0 Å². The van der Waals surface area contributed by atoms with Crippen molar-refractivity contribution in [3.8, 4) is 0 Å². The first-order valence-electron chi connectivity index (χ1n) is 4.92. The Morgan fingerprint density at radius 2 is 1.69 bits per heavy atom. The van der Waals surface area contributed by atoms with Crippen molar-refractivity contribution in [2.45, 2.75) is 0 Å². The summed E-state index contributed by atoms with van der Waals surface area (Å²) in [6.07, 6.45) is 0. The minimum absolute atomic E-state index is 0.152. The average molecular weight is 256 g/mol. The number of nitrogens with zero attached hydrogens (tertiary/aromatic N) is 2. The Morgan fingerprint density at radius 3 is 2.19 bits per heavy atom. The Balaban J connectivity index is 2.10. The first-order chi connectivity index (χ1) is 7.77. The lowest BCUT2D eigenvalue weighted by Crippen LogP contribution is -2.20. The highest BCUT2D eigenvalue weighted by atomic mass is 32.2. The van der Waals surface area contributed by atoms with Crippen LogP contribution in [0.4, 0.5) is 11.4 Å². The van der Waals surface area contributed by atoms with Crippen molar-refractivity contribution in [1.82, 2.24) is 0 Å². The number of rotatable bonds is 2. The normalized spacial score (nSPS) is 16.9. The fourth-order valence-corrected chi connectivity index (χ4v) is 3.68. The van der Waals surface area contributed by atoms with Gasteiger partial charge in [0.15, 0.2) is 0 Å². The van der Waals surface area contributed by atoms with Crippen molar-refractivity contribution in [2.24, 2.45) is 0 Å². The van der Waals surface area contributed by atoms with E-state index >= 15 is 0 Å². The van der Waals surface area contributed by atoms with Crippen LogP contribution in [0, 0.1) is 10.1 Å². The Kier molecular flexibility index (Phi) is 3.95. The number of hydrogen-bond acceptors (Lipinski definition) is 5. The Hall–Kier alpha value is -0.880. The van der Waals surface area contributed by atoms with Gasteiger partial charge in [-0.3, -0.25) is 10.1 Å². The number of benzene rings is 1. The standard InChI is InChI=1S/C10H12N2O2S2/c13-12(14)10-3-1-9(2-4-10)11-7-15-5-6-16-8-11/h1-4H,5-8H2. The smallest absolute Gasteiger partial charge is 0.269 e. The summed E-state index contributed by atoms with van der Waals surface area (Å²) < 4.78 is 0. The minimum Gasteiger partial charge on any atom is -0.353 e. The zero-order chi connectivity index (χ0) is 11.4. The number of nitro benzene ring substituents is 1. The highest BCUT2D eigenvalue weighted by Crippen LogP contribution is 2.25. The lowest BCUT2D eigenvalue weighted by Gasteiger charge is -2.21. The average Bonchev–Trinajstić information content (AvgIpc) is 2.57. The molecule has 0 atom stereocenters. The van der Waals surface area contributed by atoms with Gasteiger partial charge in [0, 0.05) is 29.3 Å².